The lowest BCUT2D eigenvalue weighted by Crippen LogP contribution is -2.33. The number of rotatable bonds is 8. The van der Waals surface area contributed by atoms with Crippen LogP contribution in [0.5, 0.6) is 0 Å². The SMILES string of the molecule is CCCN1C(=O)N(c2ccc([N+](=O)[O-])c([N+](=O)[O-])c2)C(=O)/C1=C/N(CC)CC. The normalized spacial score (nSPS) is 15.5. The molecule has 1 fully saturated rings. The van der Waals surface area contributed by atoms with Crippen molar-refractivity contribution in [3.63, 3.8) is 0 Å². The molecule has 0 aromatic heterocycles. The number of amides is 3. The lowest BCUT2D eigenvalue weighted by atomic mass is 10.2. The number of imide groups is 1. The average molecular weight is 391 g/mol. The molecule has 0 saturated carbocycles. The Hall–Kier alpha value is -3.50. The van der Waals surface area contributed by atoms with Gasteiger partial charge in [0.2, 0.25) is 0 Å². The van der Waals surface area contributed by atoms with E-state index in [0.29, 0.717) is 26.1 Å². The Labute approximate surface area is 161 Å². The molecule has 0 spiro atoms. The number of hydrogen-bond acceptors (Lipinski definition) is 7. The maximum atomic E-state index is 12.9. The number of carbonyl (C=O) groups excluding carboxylic acids is 2. The van der Waals surface area contributed by atoms with Crippen molar-refractivity contribution in [2.75, 3.05) is 24.5 Å². The third-order valence-electron chi connectivity index (χ3n) is 4.31. The van der Waals surface area contributed by atoms with Crippen LogP contribution >= 0.6 is 0 Å². The highest BCUT2D eigenvalue weighted by Gasteiger charge is 2.43. The molecule has 0 bridgehead atoms. The van der Waals surface area contributed by atoms with E-state index in [-0.39, 0.29) is 11.4 Å². The van der Waals surface area contributed by atoms with Gasteiger partial charge in [0, 0.05) is 38.0 Å². The fourth-order valence-corrected chi connectivity index (χ4v) is 2.86. The van der Waals surface area contributed by atoms with Crippen molar-refractivity contribution >= 4 is 29.0 Å². The molecule has 28 heavy (non-hydrogen) atoms. The van der Waals surface area contributed by atoms with E-state index in [2.05, 4.69) is 0 Å². The Morgan fingerprint density at radius 1 is 1.04 bits per heavy atom. The van der Waals surface area contributed by atoms with Gasteiger partial charge in [0.1, 0.15) is 5.70 Å². The van der Waals surface area contributed by atoms with Crippen molar-refractivity contribution in [2.45, 2.75) is 27.2 Å². The number of hydrogen-bond donors (Lipinski definition) is 0. The fourth-order valence-electron chi connectivity index (χ4n) is 2.86. The van der Waals surface area contributed by atoms with Gasteiger partial charge in [-0.15, -0.1) is 0 Å². The summed E-state index contributed by atoms with van der Waals surface area (Å²) in [5, 5.41) is 22.2. The summed E-state index contributed by atoms with van der Waals surface area (Å²) in [7, 11) is 0. The van der Waals surface area contributed by atoms with Crippen molar-refractivity contribution in [3.05, 3.63) is 50.3 Å². The monoisotopic (exact) mass is 391 g/mol. The average Bonchev–Trinajstić information content (AvgIpc) is 2.89. The maximum Gasteiger partial charge on any atom is 0.348 e. The molecule has 0 atom stereocenters. The number of urea groups is 1. The van der Waals surface area contributed by atoms with Gasteiger partial charge in [-0.1, -0.05) is 6.92 Å². The van der Waals surface area contributed by atoms with E-state index in [4.69, 9.17) is 0 Å². The molecule has 0 unspecified atom stereocenters. The quantitative estimate of drug-likeness (QED) is 0.288. The molecule has 1 saturated heterocycles. The first-order chi connectivity index (χ1) is 13.3. The molecule has 2 rings (SSSR count). The van der Waals surface area contributed by atoms with Crippen molar-refractivity contribution in [3.8, 4) is 0 Å². The molecular weight excluding hydrogens is 370 g/mol. The van der Waals surface area contributed by atoms with Gasteiger partial charge in [0.25, 0.3) is 5.91 Å². The van der Waals surface area contributed by atoms with Crippen LogP contribution in [0.1, 0.15) is 27.2 Å². The Morgan fingerprint density at radius 2 is 1.64 bits per heavy atom. The van der Waals surface area contributed by atoms with E-state index >= 15 is 0 Å². The molecule has 11 nitrogen and oxygen atoms in total. The zero-order valence-electron chi connectivity index (χ0n) is 15.8. The summed E-state index contributed by atoms with van der Waals surface area (Å²) < 4.78 is 0. The van der Waals surface area contributed by atoms with Gasteiger partial charge in [-0.3, -0.25) is 29.9 Å². The number of nitro groups is 2. The van der Waals surface area contributed by atoms with Crippen molar-refractivity contribution < 1.29 is 19.4 Å². The summed E-state index contributed by atoms with van der Waals surface area (Å²) in [6.45, 7) is 7.22. The van der Waals surface area contributed by atoms with Gasteiger partial charge in [0.05, 0.1) is 15.5 Å². The lowest BCUT2D eigenvalue weighted by molar-refractivity contribution is -0.422. The van der Waals surface area contributed by atoms with Crippen LogP contribution in [-0.2, 0) is 4.79 Å². The number of nitro benzene ring substituents is 2. The molecule has 1 heterocycles. The Kier molecular flexibility index (Phi) is 6.29. The first kappa shape index (κ1) is 20.8. The Morgan fingerprint density at radius 3 is 2.14 bits per heavy atom. The molecule has 0 aliphatic carbocycles. The van der Waals surface area contributed by atoms with Gasteiger partial charge in [-0.2, -0.15) is 0 Å². The molecule has 3 amide bonds. The van der Waals surface area contributed by atoms with Gasteiger partial charge < -0.3 is 4.90 Å². The van der Waals surface area contributed by atoms with Gasteiger partial charge in [-0.25, -0.2) is 9.69 Å². The second kappa shape index (κ2) is 8.46. The van der Waals surface area contributed by atoms with Crippen LogP contribution in [0.3, 0.4) is 0 Å². The van der Waals surface area contributed by atoms with Gasteiger partial charge in [0.15, 0.2) is 0 Å². The van der Waals surface area contributed by atoms with E-state index < -0.39 is 33.2 Å². The smallest absolute Gasteiger partial charge is 0.348 e. The van der Waals surface area contributed by atoms with Crippen LogP contribution in [0.4, 0.5) is 21.9 Å². The molecule has 1 aromatic rings. The highest BCUT2D eigenvalue weighted by atomic mass is 16.6. The summed E-state index contributed by atoms with van der Waals surface area (Å²) in [4.78, 5) is 50.1. The highest BCUT2D eigenvalue weighted by molar-refractivity contribution is 6.26. The first-order valence-corrected chi connectivity index (χ1v) is 8.81. The Bertz CT molecular complexity index is 848. The third kappa shape index (κ3) is 3.77. The number of carbonyl (C=O) groups is 2. The molecule has 11 heteroatoms. The minimum atomic E-state index is -0.914. The minimum absolute atomic E-state index is 0.0867. The lowest BCUT2D eigenvalue weighted by Gasteiger charge is -2.19. The summed E-state index contributed by atoms with van der Waals surface area (Å²) in [5.41, 5.74) is -1.42. The number of nitrogens with zero attached hydrogens (tertiary/aromatic N) is 5. The molecule has 0 N–H and O–H groups in total. The molecule has 150 valence electrons. The zero-order chi connectivity index (χ0) is 21.0. The van der Waals surface area contributed by atoms with Crippen LogP contribution < -0.4 is 4.90 Å². The van der Waals surface area contributed by atoms with E-state index in [9.17, 15) is 29.8 Å². The molecule has 1 aliphatic rings. The molecular formula is C17H21N5O6. The largest absolute Gasteiger partial charge is 0.376 e. The topological polar surface area (TPSA) is 130 Å². The van der Waals surface area contributed by atoms with E-state index in [1.54, 1.807) is 6.20 Å². The van der Waals surface area contributed by atoms with Crippen molar-refractivity contribution in [2.24, 2.45) is 0 Å². The van der Waals surface area contributed by atoms with Gasteiger partial charge in [-0.05, 0) is 26.3 Å². The number of anilines is 1. The molecule has 1 aromatic carbocycles. The summed E-state index contributed by atoms with van der Waals surface area (Å²) in [5.74, 6) is -0.631. The summed E-state index contributed by atoms with van der Waals surface area (Å²) >= 11 is 0. The second-order valence-electron chi connectivity index (χ2n) is 6.00. The standard InChI is InChI=1S/C17H21N5O6/c1-4-9-19-15(11-18(5-2)6-3)16(23)20(17(19)24)12-7-8-13(21(25)26)14(10-12)22(27)28/h7-8,10-11H,4-6,9H2,1-3H3/b15-11-. The second-order valence-corrected chi connectivity index (χ2v) is 6.00. The predicted octanol–water partition coefficient (Wildman–Crippen LogP) is 2.86. The van der Waals surface area contributed by atoms with Crippen LogP contribution in [0.25, 0.3) is 0 Å². The maximum absolute atomic E-state index is 12.9. The van der Waals surface area contributed by atoms with E-state index in [0.717, 1.165) is 23.1 Å². The first-order valence-electron chi connectivity index (χ1n) is 8.81. The third-order valence-corrected chi connectivity index (χ3v) is 4.31. The predicted molar refractivity (Wildman–Crippen MR) is 101 cm³/mol. The molecule has 1 aliphatic heterocycles. The van der Waals surface area contributed by atoms with E-state index in [1.165, 1.54) is 4.90 Å². The number of benzene rings is 1. The highest BCUT2D eigenvalue weighted by Crippen LogP contribution is 2.34. The van der Waals surface area contributed by atoms with Crippen LogP contribution in [0.2, 0.25) is 0 Å². The van der Waals surface area contributed by atoms with Crippen LogP contribution in [0, 0.1) is 20.2 Å². The fraction of sp³-hybridized carbons (Fsp3) is 0.412. The summed E-state index contributed by atoms with van der Waals surface area (Å²) in [6, 6.07) is 2.31. The van der Waals surface area contributed by atoms with E-state index in [1.807, 2.05) is 25.7 Å². The minimum Gasteiger partial charge on any atom is -0.376 e. The van der Waals surface area contributed by atoms with Crippen molar-refractivity contribution in [1.29, 1.82) is 0 Å². The Balaban J connectivity index is 2.55. The summed E-state index contributed by atoms with van der Waals surface area (Å²) in [6.07, 6.45) is 2.19. The van der Waals surface area contributed by atoms with Crippen LogP contribution in [-0.4, -0.2) is 51.2 Å². The van der Waals surface area contributed by atoms with Crippen LogP contribution in [0.15, 0.2) is 30.1 Å². The zero-order valence-corrected chi connectivity index (χ0v) is 15.8. The van der Waals surface area contributed by atoms with Gasteiger partial charge >= 0.3 is 17.4 Å². The van der Waals surface area contributed by atoms with Crippen molar-refractivity contribution in [1.82, 2.24) is 9.80 Å². The molecule has 0 radical (unpaired) electrons.